The molecule has 11 nitrogen and oxygen atoms in total. The van der Waals surface area contributed by atoms with Gasteiger partial charge >= 0.3 is 11.9 Å². The van der Waals surface area contributed by atoms with Crippen LogP contribution in [0, 0.1) is 11.8 Å². The highest BCUT2D eigenvalue weighted by molar-refractivity contribution is 6.29. The number of rotatable bonds is 10. The highest BCUT2D eigenvalue weighted by atomic mass is 35.5. The van der Waals surface area contributed by atoms with Crippen molar-refractivity contribution in [1.29, 1.82) is 0 Å². The first kappa shape index (κ1) is 31.9. The second kappa shape index (κ2) is 14.2. The summed E-state index contributed by atoms with van der Waals surface area (Å²) in [6, 6.07) is 30.3. The molecule has 0 saturated heterocycles. The minimum absolute atomic E-state index is 0.243. The zero-order valence-electron chi connectivity index (χ0n) is 26.1. The molecule has 1 aliphatic rings. The van der Waals surface area contributed by atoms with E-state index in [9.17, 15) is 14.7 Å². The summed E-state index contributed by atoms with van der Waals surface area (Å²) in [7, 11) is 0. The molecule has 0 unspecified atom stereocenters. The van der Waals surface area contributed by atoms with E-state index in [-0.39, 0.29) is 24.2 Å². The molecule has 7 rings (SSSR count). The lowest BCUT2D eigenvalue weighted by Gasteiger charge is -2.27. The van der Waals surface area contributed by atoms with E-state index in [2.05, 4.69) is 15.3 Å². The molecular formula is C37H31ClN6O5. The second-order valence-corrected chi connectivity index (χ2v) is 12.1. The first-order valence-electron chi connectivity index (χ1n) is 15.8. The van der Waals surface area contributed by atoms with E-state index < -0.39 is 30.1 Å². The number of halogens is 1. The number of benzene rings is 3. The monoisotopic (exact) mass is 674 g/mol. The fraction of sp³-hybridized carbons (Fsp3) is 0.189. The van der Waals surface area contributed by atoms with Crippen molar-refractivity contribution in [2.24, 2.45) is 11.8 Å². The Bertz CT molecular complexity index is 2080. The summed E-state index contributed by atoms with van der Waals surface area (Å²) in [5, 5.41) is 18.8. The van der Waals surface area contributed by atoms with E-state index in [0.29, 0.717) is 46.1 Å². The number of aromatic nitrogens is 5. The van der Waals surface area contributed by atoms with Crippen LogP contribution in [0.1, 0.15) is 27.1 Å². The van der Waals surface area contributed by atoms with E-state index in [0.717, 1.165) is 5.56 Å². The molecule has 0 spiro atoms. The Labute approximate surface area is 286 Å². The van der Waals surface area contributed by atoms with Crippen molar-refractivity contribution in [3.05, 3.63) is 132 Å². The Kier molecular flexibility index (Phi) is 9.27. The number of nitrogens with zero attached hydrogens (tertiary/aromatic N) is 5. The molecule has 6 aromatic rings. The Morgan fingerprint density at radius 1 is 0.776 bits per heavy atom. The number of hydrogen-bond donors (Lipinski definition) is 2. The summed E-state index contributed by atoms with van der Waals surface area (Å²) in [6.07, 6.45) is 2.01. The van der Waals surface area contributed by atoms with Crippen molar-refractivity contribution in [3.8, 4) is 22.6 Å². The van der Waals surface area contributed by atoms with Crippen molar-refractivity contribution in [2.45, 2.75) is 18.6 Å². The van der Waals surface area contributed by atoms with Crippen molar-refractivity contribution in [2.75, 3.05) is 18.5 Å². The van der Waals surface area contributed by atoms with Crippen LogP contribution in [0.4, 0.5) is 5.82 Å². The molecule has 1 fully saturated rings. The number of fused-ring (bicyclic) bond motifs is 1. The fourth-order valence-electron chi connectivity index (χ4n) is 6.10. The average molecular weight is 675 g/mol. The lowest BCUT2D eigenvalue weighted by Crippen LogP contribution is -2.39. The van der Waals surface area contributed by atoms with E-state index in [1.54, 1.807) is 89.7 Å². The van der Waals surface area contributed by atoms with Crippen molar-refractivity contribution >= 4 is 35.0 Å². The molecule has 3 heterocycles. The first-order valence-corrected chi connectivity index (χ1v) is 16.2. The minimum Gasteiger partial charge on any atom is -0.454 e. The average Bonchev–Trinajstić information content (AvgIpc) is 3.72. The van der Waals surface area contributed by atoms with Crippen LogP contribution in [-0.2, 0) is 9.47 Å². The Balaban J connectivity index is 1.16. The molecule has 0 bridgehead atoms. The molecule has 4 atom stereocenters. The SMILES string of the molecule is O=C(O[C@@H]1[C@@H](CO)C[C@@H](CNc2cc(Cl)nc3cc(-c4cncc(-c5ccccc5)n4)nn23)[C@@H]1OC(=O)c1ccccc1)c1ccccc1. The van der Waals surface area contributed by atoms with Crippen LogP contribution in [0.5, 0.6) is 0 Å². The van der Waals surface area contributed by atoms with Gasteiger partial charge < -0.3 is 19.9 Å². The summed E-state index contributed by atoms with van der Waals surface area (Å²) in [4.78, 5) is 40.0. The van der Waals surface area contributed by atoms with Gasteiger partial charge in [-0.3, -0.25) is 4.98 Å². The third-order valence-electron chi connectivity index (χ3n) is 8.51. The molecular weight excluding hydrogens is 644 g/mol. The van der Waals surface area contributed by atoms with Gasteiger partial charge in [-0.05, 0) is 30.7 Å². The predicted octanol–water partition coefficient (Wildman–Crippen LogP) is 6.00. The summed E-state index contributed by atoms with van der Waals surface area (Å²) >= 11 is 6.45. The number of aliphatic hydroxyl groups is 1. The number of nitrogens with one attached hydrogen (secondary N) is 1. The molecule has 2 N–H and O–H groups in total. The van der Waals surface area contributed by atoms with Crippen LogP contribution >= 0.6 is 11.6 Å². The van der Waals surface area contributed by atoms with E-state index in [4.69, 9.17) is 31.2 Å². The standard InChI is InChI=1S/C37H31ClN6O5/c38-31-18-32(44-33(42-31)17-28(43-44)30-21-39-20-29(41-30)23-10-4-1-5-11-23)40-19-26-16-27(22-45)35(49-37(47)25-14-8-3-9-15-25)34(26)48-36(46)24-12-6-2-7-13-24/h1-15,17-18,20-21,26-27,34-35,40,45H,16,19,22H2/t26-,27+,34-,35+/m0/s1. The predicted molar refractivity (Wildman–Crippen MR) is 183 cm³/mol. The third-order valence-corrected chi connectivity index (χ3v) is 8.70. The van der Waals surface area contributed by atoms with Gasteiger partial charge in [0, 0.05) is 42.7 Å². The maximum Gasteiger partial charge on any atom is 0.338 e. The Morgan fingerprint density at radius 3 is 2.00 bits per heavy atom. The van der Waals surface area contributed by atoms with Crippen LogP contribution in [-0.4, -0.2) is 67.0 Å². The van der Waals surface area contributed by atoms with Crippen molar-refractivity contribution in [3.63, 3.8) is 0 Å². The van der Waals surface area contributed by atoms with Crippen molar-refractivity contribution in [1.82, 2.24) is 24.6 Å². The molecule has 12 heteroatoms. The number of anilines is 1. The number of hydrogen-bond acceptors (Lipinski definition) is 10. The molecule has 0 radical (unpaired) electrons. The highest BCUT2D eigenvalue weighted by Crippen LogP contribution is 2.37. The third kappa shape index (κ3) is 6.99. The normalized spacial score (nSPS) is 18.7. The van der Waals surface area contributed by atoms with Gasteiger partial charge in [0.1, 0.15) is 34.6 Å². The largest absolute Gasteiger partial charge is 0.454 e. The van der Waals surface area contributed by atoms with E-state index in [1.807, 2.05) is 30.3 Å². The van der Waals surface area contributed by atoms with Gasteiger partial charge in [-0.2, -0.15) is 9.61 Å². The molecule has 3 aromatic heterocycles. The van der Waals surface area contributed by atoms with Gasteiger partial charge in [-0.15, -0.1) is 0 Å². The van der Waals surface area contributed by atoms with E-state index >= 15 is 0 Å². The fourth-order valence-corrected chi connectivity index (χ4v) is 6.29. The van der Waals surface area contributed by atoms with Crippen LogP contribution in [0.2, 0.25) is 5.15 Å². The van der Waals surface area contributed by atoms with Gasteiger partial charge in [0.15, 0.2) is 5.65 Å². The Morgan fingerprint density at radius 2 is 1.37 bits per heavy atom. The first-order chi connectivity index (χ1) is 24.0. The summed E-state index contributed by atoms with van der Waals surface area (Å²) in [5.74, 6) is -1.42. The number of esters is 2. The van der Waals surface area contributed by atoms with Gasteiger partial charge in [0.2, 0.25) is 0 Å². The maximum absolute atomic E-state index is 13.3. The van der Waals surface area contributed by atoms with Crippen LogP contribution < -0.4 is 5.32 Å². The van der Waals surface area contributed by atoms with Gasteiger partial charge in [0.25, 0.3) is 0 Å². The lowest BCUT2D eigenvalue weighted by molar-refractivity contribution is -0.0481. The minimum atomic E-state index is -0.884. The summed E-state index contributed by atoms with van der Waals surface area (Å²) in [5.41, 5.74) is 3.95. The Hall–Kier alpha value is -5.65. The maximum atomic E-state index is 13.3. The van der Waals surface area contributed by atoms with Gasteiger partial charge in [0.05, 0.1) is 29.2 Å². The molecule has 0 amide bonds. The lowest BCUT2D eigenvalue weighted by atomic mass is 10.0. The van der Waals surface area contributed by atoms with Gasteiger partial charge in [-0.25, -0.2) is 19.6 Å². The molecule has 0 aliphatic heterocycles. The number of carbonyl (C=O) groups excluding carboxylic acids is 2. The van der Waals surface area contributed by atoms with Crippen LogP contribution in [0.25, 0.3) is 28.3 Å². The van der Waals surface area contributed by atoms with Crippen molar-refractivity contribution < 1.29 is 24.2 Å². The summed E-state index contributed by atoms with van der Waals surface area (Å²) < 4.78 is 13.6. The molecule has 3 aromatic carbocycles. The number of aliphatic hydroxyl groups excluding tert-OH is 1. The van der Waals surface area contributed by atoms with Crippen LogP contribution in [0.15, 0.2) is 116 Å². The smallest absolute Gasteiger partial charge is 0.338 e. The molecule has 1 aliphatic carbocycles. The zero-order chi connectivity index (χ0) is 33.7. The highest BCUT2D eigenvalue weighted by Gasteiger charge is 2.48. The topological polar surface area (TPSA) is 141 Å². The quantitative estimate of drug-likeness (QED) is 0.131. The molecule has 246 valence electrons. The zero-order valence-corrected chi connectivity index (χ0v) is 26.9. The number of carbonyl (C=O) groups is 2. The molecule has 49 heavy (non-hydrogen) atoms. The number of ether oxygens (including phenoxy) is 2. The second-order valence-electron chi connectivity index (χ2n) is 11.7. The van der Waals surface area contributed by atoms with Crippen LogP contribution in [0.3, 0.4) is 0 Å². The van der Waals surface area contributed by atoms with Gasteiger partial charge in [-0.1, -0.05) is 78.3 Å². The molecule has 1 saturated carbocycles. The van der Waals surface area contributed by atoms with E-state index in [1.165, 1.54) is 0 Å². The summed E-state index contributed by atoms with van der Waals surface area (Å²) in [6.45, 7) is 0.0100.